The molecule has 0 aromatic heterocycles. The van der Waals surface area contributed by atoms with Crippen LogP contribution in [0.5, 0.6) is 0 Å². The van der Waals surface area contributed by atoms with Crippen molar-refractivity contribution in [1.82, 2.24) is 4.90 Å². The zero-order valence-corrected chi connectivity index (χ0v) is 17.3. The lowest BCUT2D eigenvalue weighted by molar-refractivity contribution is -0.127. The van der Waals surface area contributed by atoms with E-state index in [1.165, 1.54) is 18.3 Å². The van der Waals surface area contributed by atoms with Crippen LogP contribution >= 0.6 is 0 Å². The monoisotopic (exact) mass is 414 g/mol. The molecule has 5 nitrogen and oxygen atoms in total. The number of nitrogens with zero attached hydrogens (tertiary/aromatic N) is 2. The third-order valence-corrected chi connectivity index (χ3v) is 7.13. The molecule has 0 aliphatic carbocycles. The van der Waals surface area contributed by atoms with E-state index in [-0.39, 0.29) is 15.5 Å². The Morgan fingerprint density at radius 1 is 0.966 bits per heavy atom. The molecule has 2 heterocycles. The molecule has 2 aromatic rings. The summed E-state index contributed by atoms with van der Waals surface area (Å²) in [5, 5.41) is 0. The molecule has 0 atom stereocenters. The van der Waals surface area contributed by atoms with Gasteiger partial charge in [-0.05, 0) is 74.6 Å². The van der Waals surface area contributed by atoms with Crippen molar-refractivity contribution in [3.63, 3.8) is 0 Å². The Bertz CT molecular complexity index is 1100. The second kappa shape index (κ2) is 7.30. The molecule has 4 rings (SSSR count). The van der Waals surface area contributed by atoms with Crippen molar-refractivity contribution < 1.29 is 17.6 Å². The van der Waals surface area contributed by atoms with Crippen LogP contribution < -0.4 is 4.90 Å². The summed E-state index contributed by atoms with van der Waals surface area (Å²) in [6, 6.07) is 9.33. The molecule has 0 bridgehead atoms. The van der Waals surface area contributed by atoms with E-state index >= 15 is 0 Å². The number of hydrogen-bond acceptors (Lipinski definition) is 4. The topological polar surface area (TPSA) is 57.7 Å². The fourth-order valence-electron chi connectivity index (χ4n) is 4.01. The third kappa shape index (κ3) is 3.55. The number of carbonyl (C=O) groups is 1. The Hall–Kier alpha value is -2.67. The number of amides is 1. The summed E-state index contributed by atoms with van der Waals surface area (Å²) in [5.41, 5.74) is 2.88. The van der Waals surface area contributed by atoms with E-state index in [0.29, 0.717) is 18.8 Å². The van der Waals surface area contributed by atoms with Crippen molar-refractivity contribution >= 4 is 27.1 Å². The van der Waals surface area contributed by atoms with Gasteiger partial charge in [-0.15, -0.1) is 0 Å². The summed E-state index contributed by atoms with van der Waals surface area (Å²) < 4.78 is 40.5. The van der Waals surface area contributed by atoms with Gasteiger partial charge in [0, 0.05) is 25.0 Å². The number of likely N-dealkylation sites (tertiary alicyclic amines) is 1. The number of piperidine rings is 1. The first kappa shape index (κ1) is 19.6. The van der Waals surface area contributed by atoms with Gasteiger partial charge in [0.2, 0.25) is 9.84 Å². The van der Waals surface area contributed by atoms with Crippen molar-refractivity contribution in [2.45, 2.75) is 38.0 Å². The predicted molar refractivity (Wildman–Crippen MR) is 110 cm³/mol. The van der Waals surface area contributed by atoms with Crippen molar-refractivity contribution in [3.8, 4) is 0 Å². The van der Waals surface area contributed by atoms with Crippen molar-refractivity contribution in [2.24, 2.45) is 0 Å². The van der Waals surface area contributed by atoms with E-state index in [9.17, 15) is 17.6 Å². The average Bonchev–Trinajstić information content (AvgIpc) is 2.67. The van der Waals surface area contributed by atoms with Crippen LogP contribution in [0.2, 0.25) is 0 Å². The van der Waals surface area contributed by atoms with Crippen LogP contribution in [0.3, 0.4) is 0 Å². The number of rotatable bonds is 2. The second-order valence-corrected chi connectivity index (χ2v) is 9.56. The zero-order chi connectivity index (χ0) is 20.8. The molecular formula is C22H23FN2O3S. The van der Waals surface area contributed by atoms with Gasteiger partial charge in [0.1, 0.15) is 5.82 Å². The summed E-state index contributed by atoms with van der Waals surface area (Å²) >= 11 is 0. The second-order valence-electron chi connectivity index (χ2n) is 7.68. The van der Waals surface area contributed by atoms with E-state index < -0.39 is 21.6 Å². The number of aryl methyl sites for hydroxylation is 2. The molecular weight excluding hydrogens is 391 g/mol. The Labute approximate surface area is 170 Å². The highest BCUT2D eigenvalue weighted by molar-refractivity contribution is 7.96. The number of sulfone groups is 1. The summed E-state index contributed by atoms with van der Waals surface area (Å²) in [4.78, 5) is 16.0. The highest BCUT2D eigenvalue weighted by atomic mass is 32.2. The molecule has 2 aromatic carbocycles. The Kier molecular flexibility index (Phi) is 4.94. The molecule has 1 fully saturated rings. The van der Waals surface area contributed by atoms with Gasteiger partial charge in [0.15, 0.2) is 4.91 Å². The number of carbonyl (C=O) groups excluding carboxylic acids is 1. The maximum atomic E-state index is 14.0. The molecule has 2 aliphatic heterocycles. The van der Waals surface area contributed by atoms with Gasteiger partial charge in [0.25, 0.3) is 5.91 Å². The van der Waals surface area contributed by atoms with Crippen molar-refractivity contribution in [2.75, 3.05) is 18.0 Å². The van der Waals surface area contributed by atoms with Gasteiger partial charge in [0.05, 0.1) is 10.6 Å². The highest BCUT2D eigenvalue weighted by Crippen LogP contribution is 2.41. The summed E-state index contributed by atoms with van der Waals surface area (Å²) in [5.74, 6) is -1.03. The largest absolute Gasteiger partial charge is 0.338 e. The Morgan fingerprint density at radius 3 is 2.28 bits per heavy atom. The fraction of sp³-hybridized carbons (Fsp3) is 0.318. The van der Waals surface area contributed by atoms with Crippen LogP contribution in [0.4, 0.5) is 15.8 Å². The van der Waals surface area contributed by atoms with E-state index in [0.717, 1.165) is 36.5 Å². The maximum Gasteiger partial charge on any atom is 0.267 e. The molecule has 0 saturated carbocycles. The van der Waals surface area contributed by atoms with Crippen LogP contribution in [-0.2, 0) is 14.6 Å². The number of halogens is 1. The predicted octanol–water partition coefficient (Wildman–Crippen LogP) is 4.22. The molecule has 152 valence electrons. The normalized spacial score (nSPS) is 18.2. The van der Waals surface area contributed by atoms with Gasteiger partial charge in [-0.25, -0.2) is 12.8 Å². The van der Waals surface area contributed by atoms with Crippen LogP contribution in [0, 0.1) is 19.7 Å². The lowest BCUT2D eigenvalue weighted by Gasteiger charge is -2.32. The van der Waals surface area contributed by atoms with Crippen molar-refractivity contribution in [3.05, 3.63) is 64.4 Å². The quantitative estimate of drug-likeness (QED) is 0.691. The van der Waals surface area contributed by atoms with Gasteiger partial charge >= 0.3 is 0 Å². The SMILES string of the molecule is Cc1cc(C)cc(N2C=C(C(=O)N3CCCCC3)S(=O)(=O)c3ccc(F)cc32)c1. The molecule has 0 spiro atoms. The minimum atomic E-state index is -4.05. The van der Waals surface area contributed by atoms with Gasteiger partial charge < -0.3 is 9.80 Å². The lowest BCUT2D eigenvalue weighted by Crippen LogP contribution is -2.39. The molecule has 29 heavy (non-hydrogen) atoms. The highest BCUT2D eigenvalue weighted by Gasteiger charge is 2.38. The van der Waals surface area contributed by atoms with Crippen LogP contribution in [0.1, 0.15) is 30.4 Å². The lowest BCUT2D eigenvalue weighted by atomic mass is 10.1. The molecule has 7 heteroatoms. The first-order valence-electron chi connectivity index (χ1n) is 9.70. The number of hydrogen-bond donors (Lipinski definition) is 0. The molecule has 0 radical (unpaired) electrons. The van der Waals surface area contributed by atoms with Gasteiger partial charge in [-0.2, -0.15) is 0 Å². The van der Waals surface area contributed by atoms with E-state index in [4.69, 9.17) is 0 Å². The number of fused-ring (bicyclic) bond motifs is 1. The van der Waals surface area contributed by atoms with Crippen LogP contribution in [0.25, 0.3) is 0 Å². The first-order chi connectivity index (χ1) is 13.8. The molecule has 0 N–H and O–H groups in total. The third-order valence-electron chi connectivity index (χ3n) is 5.34. The Morgan fingerprint density at radius 2 is 1.62 bits per heavy atom. The molecule has 2 aliphatic rings. The summed E-state index contributed by atoms with van der Waals surface area (Å²) in [7, 11) is -4.05. The number of anilines is 2. The fourth-order valence-corrected chi connectivity index (χ4v) is 5.53. The van der Waals surface area contributed by atoms with Crippen molar-refractivity contribution in [1.29, 1.82) is 0 Å². The molecule has 1 amide bonds. The standard InChI is InChI=1S/C22H23FN2O3S/c1-15-10-16(2)12-18(11-15)25-14-21(22(26)24-8-4-3-5-9-24)29(27,28)20-7-6-17(23)13-19(20)25/h6-7,10-14H,3-5,8-9H2,1-2H3. The Balaban J connectivity index is 1.90. The van der Waals surface area contributed by atoms with E-state index in [2.05, 4.69) is 0 Å². The summed E-state index contributed by atoms with van der Waals surface area (Å²) in [6.07, 6.45) is 4.11. The van der Waals surface area contributed by atoms with E-state index in [1.807, 2.05) is 32.0 Å². The maximum absolute atomic E-state index is 14.0. The minimum absolute atomic E-state index is 0.0547. The number of benzene rings is 2. The van der Waals surface area contributed by atoms with Crippen LogP contribution in [-0.4, -0.2) is 32.3 Å². The summed E-state index contributed by atoms with van der Waals surface area (Å²) in [6.45, 7) is 4.97. The van der Waals surface area contributed by atoms with Crippen LogP contribution in [0.15, 0.2) is 52.4 Å². The average molecular weight is 415 g/mol. The minimum Gasteiger partial charge on any atom is -0.338 e. The smallest absolute Gasteiger partial charge is 0.267 e. The van der Waals surface area contributed by atoms with Gasteiger partial charge in [-0.3, -0.25) is 4.79 Å². The van der Waals surface area contributed by atoms with E-state index in [1.54, 1.807) is 9.80 Å². The first-order valence-corrected chi connectivity index (χ1v) is 11.2. The zero-order valence-electron chi connectivity index (χ0n) is 16.5. The molecule has 1 saturated heterocycles. The van der Waals surface area contributed by atoms with Gasteiger partial charge in [-0.1, -0.05) is 6.07 Å². The molecule has 0 unspecified atom stereocenters.